The second-order valence-corrected chi connectivity index (χ2v) is 10.9. The number of alkyl halides is 3. The molecule has 1 N–H and O–H groups in total. The summed E-state index contributed by atoms with van der Waals surface area (Å²) in [5.41, 5.74) is -1.89. The van der Waals surface area contributed by atoms with E-state index in [0.717, 1.165) is 12.1 Å². The van der Waals surface area contributed by atoms with E-state index in [4.69, 9.17) is 11.6 Å². The third kappa shape index (κ3) is 4.51. The zero-order chi connectivity index (χ0) is 23.4. The van der Waals surface area contributed by atoms with Crippen LogP contribution in [0.1, 0.15) is 23.1 Å². The van der Waals surface area contributed by atoms with Gasteiger partial charge >= 0.3 is 6.18 Å². The molecule has 0 radical (unpaired) electrons. The molecule has 0 atom stereocenters. The van der Waals surface area contributed by atoms with Crippen molar-refractivity contribution >= 4 is 48.9 Å². The molecule has 13 heteroatoms. The van der Waals surface area contributed by atoms with Crippen molar-refractivity contribution in [3.05, 3.63) is 52.0 Å². The summed E-state index contributed by atoms with van der Waals surface area (Å²) in [5.74, 6) is -1.01. The van der Waals surface area contributed by atoms with Crippen LogP contribution in [-0.4, -0.2) is 28.5 Å². The van der Waals surface area contributed by atoms with Crippen molar-refractivity contribution in [2.24, 2.45) is 0 Å². The zero-order valence-electron chi connectivity index (χ0n) is 16.1. The number of amides is 1. The Labute approximate surface area is 181 Å². The maximum atomic E-state index is 13.3. The van der Waals surface area contributed by atoms with Crippen molar-refractivity contribution in [1.82, 2.24) is 0 Å². The Morgan fingerprint density at radius 3 is 2.16 bits per heavy atom. The van der Waals surface area contributed by atoms with E-state index < -0.39 is 43.4 Å². The summed E-state index contributed by atoms with van der Waals surface area (Å²) in [5, 5.41) is -0.219. The van der Waals surface area contributed by atoms with E-state index in [1.54, 1.807) is 0 Å². The molecule has 7 nitrogen and oxygen atoms in total. The summed E-state index contributed by atoms with van der Waals surface area (Å²) in [6.45, 7) is 2.70. The van der Waals surface area contributed by atoms with Gasteiger partial charge in [-0.1, -0.05) is 11.6 Å². The van der Waals surface area contributed by atoms with Crippen molar-refractivity contribution in [2.75, 3.05) is 14.8 Å². The lowest BCUT2D eigenvalue weighted by molar-refractivity contribution is -0.136. The standard InChI is InChI=1S/C18H16ClF3N2O5S2/c1-10-7-13(24-16(25)5-6-30(24,26)27)8-11(2)17(10)31(28,29)23-15-4-3-12(19)9-14(15)18(20,21)22/h3-4,7-9,23H,5-6H2,1-2H3. The van der Waals surface area contributed by atoms with Crippen molar-refractivity contribution in [3.8, 4) is 0 Å². The lowest BCUT2D eigenvalue weighted by atomic mass is 10.1. The van der Waals surface area contributed by atoms with Gasteiger partial charge in [0.15, 0.2) is 0 Å². The molecule has 2 aromatic rings. The van der Waals surface area contributed by atoms with Gasteiger partial charge in [-0.05, 0) is 55.3 Å². The van der Waals surface area contributed by atoms with Gasteiger partial charge in [0, 0.05) is 11.4 Å². The third-order valence-corrected chi connectivity index (χ3v) is 8.15. The van der Waals surface area contributed by atoms with Crippen molar-refractivity contribution in [1.29, 1.82) is 0 Å². The van der Waals surface area contributed by atoms with E-state index in [1.807, 2.05) is 4.72 Å². The van der Waals surface area contributed by atoms with Crippen molar-refractivity contribution in [2.45, 2.75) is 31.3 Å². The number of sulfonamides is 2. The Bertz CT molecular complexity index is 1270. The first-order valence-corrected chi connectivity index (χ1v) is 12.2. The van der Waals surface area contributed by atoms with Gasteiger partial charge in [0.25, 0.3) is 10.0 Å². The highest BCUT2D eigenvalue weighted by atomic mass is 35.5. The van der Waals surface area contributed by atoms with Crippen LogP contribution in [-0.2, 0) is 31.0 Å². The number of benzene rings is 2. The summed E-state index contributed by atoms with van der Waals surface area (Å²) in [6, 6.07) is 4.99. The molecule has 0 bridgehead atoms. The number of carbonyl (C=O) groups excluding carboxylic acids is 1. The van der Waals surface area contributed by atoms with Gasteiger partial charge in [-0.3, -0.25) is 9.52 Å². The van der Waals surface area contributed by atoms with Crippen LogP contribution in [0.25, 0.3) is 0 Å². The van der Waals surface area contributed by atoms with Crippen LogP contribution in [0.2, 0.25) is 5.02 Å². The quantitative estimate of drug-likeness (QED) is 0.693. The van der Waals surface area contributed by atoms with Gasteiger partial charge < -0.3 is 0 Å². The van der Waals surface area contributed by atoms with E-state index in [0.29, 0.717) is 10.4 Å². The first kappa shape index (κ1) is 23.4. The topological polar surface area (TPSA) is 101 Å². The van der Waals surface area contributed by atoms with Gasteiger partial charge in [0.1, 0.15) is 0 Å². The summed E-state index contributed by atoms with van der Waals surface area (Å²) in [4.78, 5) is 11.7. The number of nitrogens with one attached hydrogen (secondary N) is 1. The molecule has 2 aromatic carbocycles. The molecule has 3 rings (SSSR count). The molecule has 0 aliphatic carbocycles. The highest BCUT2D eigenvalue weighted by Crippen LogP contribution is 2.38. The fourth-order valence-electron chi connectivity index (χ4n) is 3.37. The number of halogens is 4. The summed E-state index contributed by atoms with van der Waals surface area (Å²) in [6.07, 6.45) is -5.06. The van der Waals surface area contributed by atoms with Gasteiger partial charge in [-0.15, -0.1) is 0 Å². The fourth-order valence-corrected chi connectivity index (χ4v) is 6.52. The second-order valence-electron chi connectivity index (χ2n) is 6.93. The van der Waals surface area contributed by atoms with Crippen LogP contribution in [0.3, 0.4) is 0 Å². The predicted molar refractivity (Wildman–Crippen MR) is 109 cm³/mol. The van der Waals surface area contributed by atoms with E-state index in [2.05, 4.69) is 0 Å². The molecule has 0 unspecified atom stereocenters. The molecule has 1 aliphatic rings. The first-order chi connectivity index (χ1) is 14.1. The van der Waals surface area contributed by atoms with Crippen LogP contribution in [0, 0.1) is 13.8 Å². The van der Waals surface area contributed by atoms with Crippen molar-refractivity contribution < 1.29 is 34.8 Å². The van der Waals surface area contributed by atoms with Crippen molar-refractivity contribution in [3.63, 3.8) is 0 Å². The van der Waals surface area contributed by atoms with Crippen LogP contribution >= 0.6 is 11.6 Å². The molecular formula is C18H16ClF3N2O5S2. The smallest absolute Gasteiger partial charge is 0.279 e. The van der Waals surface area contributed by atoms with Gasteiger partial charge in [0.2, 0.25) is 15.9 Å². The number of carbonyl (C=O) groups is 1. The van der Waals surface area contributed by atoms with Gasteiger partial charge in [-0.25, -0.2) is 21.1 Å². The zero-order valence-corrected chi connectivity index (χ0v) is 18.5. The highest BCUT2D eigenvalue weighted by molar-refractivity contribution is 7.94. The Hall–Kier alpha value is -2.31. The molecule has 0 saturated carbocycles. The van der Waals surface area contributed by atoms with Gasteiger partial charge in [0.05, 0.1) is 27.6 Å². The minimum atomic E-state index is -4.86. The molecule has 1 amide bonds. The Morgan fingerprint density at radius 2 is 1.68 bits per heavy atom. The minimum absolute atomic E-state index is 0.0288. The summed E-state index contributed by atoms with van der Waals surface area (Å²) >= 11 is 5.62. The average Bonchev–Trinajstić information content (AvgIpc) is 2.87. The number of hydrogen-bond donors (Lipinski definition) is 1. The molecule has 0 aromatic heterocycles. The van der Waals surface area contributed by atoms with Crippen LogP contribution in [0.5, 0.6) is 0 Å². The maximum absolute atomic E-state index is 13.3. The van der Waals surface area contributed by atoms with Crippen LogP contribution in [0.15, 0.2) is 35.2 Å². The Morgan fingerprint density at radius 1 is 1.10 bits per heavy atom. The molecule has 1 aliphatic heterocycles. The SMILES string of the molecule is Cc1cc(N2C(=O)CCS2(=O)=O)cc(C)c1S(=O)(=O)Nc1ccc(Cl)cc1C(F)(F)F. The maximum Gasteiger partial charge on any atom is 0.418 e. The fraction of sp³-hybridized carbons (Fsp3) is 0.278. The molecule has 0 spiro atoms. The van der Waals surface area contributed by atoms with Crippen LogP contribution in [0.4, 0.5) is 24.5 Å². The number of rotatable bonds is 4. The normalized spacial score (nSPS) is 16.6. The monoisotopic (exact) mass is 496 g/mol. The molecule has 1 fully saturated rings. The van der Waals surface area contributed by atoms with E-state index in [1.165, 1.54) is 26.0 Å². The highest BCUT2D eigenvalue weighted by Gasteiger charge is 2.38. The minimum Gasteiger partial charge on any atom is -0.279 e. The summed E-state index contributed by atoms with van der Waals surface area (Å²) < 4.78 is 92.6. The van der Waals surface area contributed by atoms with E-state index in [9.17, 15) is 34.8 Å². The molecule has 1 saturated heterocycles. The van der Waals surface area contributed by atoms with Crippen LogP contribution < -0.4 is 9.03 Å². The number of hydrogen-bond acceptors (Lipinski definition) is 5. The largest absolute Gasteiger partial charge is 0.418 e. The lowest BCUT2D eigenvalue weighted by Crippen LogP contribution is -2.29. The Balaban J connectivity index is 2.07. The molecule has 168 valence electrons. The van der Waals surface area contributed by atoms with E-state index >= 15 is 0 Å². The molecular weight excluding hydrogens is 481 g/mol. The van der Waals surface area contributed by atoms with Gasteiger partial charge in [-0.2, -0.15) is 13.2 Å². The van der Waals surface area contributed by atoms with E-state index in [-0.39, 0.29) is 38.9 Å². The second kappa shape index (κ2) is 7.68. The molecule has 1 heterocycles. The lowest BCUT2D eigenvalue weighted by Gasteiger charge is -2.20. The third-order valence-electron chi connectivity index (χ3n) is 4.56. The number of nitrogens with zero attached hydrogens (tertiary/aromatic N) is 1. The first-order valence-electron chi connectivity index (χ1n) is 8.70. The Kier molecular flexibility index (Phi) is 5.78. The number of aryl methyl sites for hydroxylation is 2. The molecule has 31 heavy (non-hydrogen) atoms. The summed E-state index contributed by atoms with van der Waals surface area (Å²) in [7, 11) is -8.36. The average molecular weight is 497 g/mol. The number of anilines is 2. The predicted octanol–water partition coefficient (Wildman–Crippen LogP) is 3.84.